The number of nitrogens with zero attached hydrogens (tertiary/aromatic N) is 1. The molecule has 1 N–H and O–H groups in total. The van der Waals surface area contributed by atoms with Crippen LogP contribution in [-0.4, -0.2) is 38.3 Å². The molecule has 1 saturated heterocycles. The van der Waals surface area contributed by atoms with Gasteiger partial charge in [0.25, 0.3) is 0 Å². The Kier molecular flexibility index (Phi) is 5.43. The first-order chi connectivity index (χ1) is 9.19. The zero-order chi connectivity index (χ0) is 13.7. The van der Waals surface area contributed by atoms with Gasteiger partial charge in [0.05, 0.1) is 12.6 Å². The number of ether oxygens (including phenoxy) is 1. The third-order valence-electron chi connectivity index (χ3n) is 3.65. The van der Waals surface area contributed by atoms with Gasteiger partial charge in [-0.3, -0.25) is 4.90 Å². The first-order valence-corrected chi connectivity index (χ1v) is 7.22. The number of hydrogen-bond donors (Lipinski definition) is 1. The first-order valence-electron chi connectivity index (χ1n) is 7.22. The maximum atomic E-state index is 5.80. The van der Waals surface area contributed by atoms with Crippen LogP contribution in [0, 0.1) is 6.92 Å². The summed E-state index contributed by atoms with van der Waals surface area (Å²) in [5.74, 6) is 2.06. The van der Waals surface area contributed by atoms with Crippen molar-refractivity contribution in [2.24, 2.45) is 0 Å². The zero-order valence-electron chi connectivity index (χ0n) is 12.4. The van der Waals surface area contributed by atoms with E-state index in [0.717, 1.165) is 37.8 Å². The van der Waals surface area contributed by atoms with Gasteiger partial charge in [0.2, 0.25) is 0 Å². The molecule has 1 aliphatic heterocycles. The fourth-order valence-electron chi connectivity index (χ4n) is 2.66. The van der Waals surface area contributed by atoms with Crippen molar-refractivity contribution >= 4 is 0 Å². The van der Waals surface area contributed by atoms with Gasteiger partial charge >= 0.3 is 0 Å². The Morgan fingerprint density at radius 1 is 1.42 bits per heavy atom. The van der Waals surface area contributed by atoms with Gasteiger partial charge in [-0.15, -0.1) is 0 Å². The minimum atomic E-state index is 0.395. The maximum absolute atomic E-state index is 5.80. The maximum Gasteiger partial charge on any atom is 0.118 e. The van der Waals surface area contributed by atoms with E-state index >= 15 is 0 Å². The fourth-order valence-corrected chi connectivity index (χ4v) is 2.66. The van der Waals surface area contributed by atoms with Crippen LogP contribution < -0.4 is 5.32 Å². The molecule has 0 aliphatic carbocycles. The van der Waals surface area contributed by atoms with E-state index in [9.17, 15) is 0 Å². The van der Waals surface area contributed by atoms with Crippen LogP contribution in [0.15, 0.2) is 10.5 Å². The lowest BCUT2D eigenvalue weighted by atomic mass is 10.1. The number of hydrogen-bond acceptors (Lipinski definition) is 4. The minimum Gasteiger partial charge on any atom is -0.465 e. The normalized spacial score (nSPS) is 20.1. The summed E-state index contributed by atoms with van der Waals surface area (Å²) in [5, 5.41) is 3.16. The highest BCUT2D eigenvalue weighted by Gasteiger charge is 2.17. The third-order valence-corrected chi connectivity index (χ3v) is 3.65. The van der Waals surface area contributed by atoms with Gasteiger partial charge in [-0.1, -0.05) is 0 Å². The van der Waals surface area contributed by atoms with Crippen molar-refractivity contribution in [3.63, 3.8) is 0 Å². The summed E-state index contributed by atoms with van der Waals surface area (Å²) < 4.78 is 11.6. The molecule has 0 aromatic carbocycles. The van der Waals surface area contributed by atoms with E-state index in [2.05, 4.69) is 23.3 Å². The van der Waals surface area contributed by atoms with Gasteiger partial charge in [0.1, 0.15) is 11.5 Å². The van der Waals surface area contributed by atoms with Crippen molar-refractivity contribution in [3.8, 4) is 0 Å². The lowest BCUT2D eigenvalue weighted by molar-refractivity contribution is -0.00340. The molecule has 0 bridgehead atoms. The molecule has 0 amide bonds. The lowest BCUT2D eigenvalue weighted by Gasteiger charge is -2.26. The predicted molar refractivity (Wildman–Crippen MR) is 76.1 cm³/mol. The molecule has 1 aromatic heterocycles. The van der Waals surface area contributed by atoms with E-state index in [1.54, 1.807) is 0 Å². The van der Waals surface area contributed by atoms with E-state index < -0.39 is 0 Å². The second kappa shape index (κ2) is 7.08. The Hall–Kier alpha value is -0.840. The number of likely N-dealkylation sites (N-methyl/N-ethyl adjacent to an activating group) is 1. The molecular formula is C15H26N2O2. The summed E-state index contributed by atoms with van der Waals surface area (Å²) in [6, 6.07) is 2.16. The van der Waals surface area contributed by atoms with Crippen LogP contribution in [0.2, 0.25) is 0 Å². The quantitative estimate of drug-likeness (QED) is 0.857. The van der Waals surface area contributed by atoms with E-state index in [0.29, 0.717) is 6.10 Å². The molecule has 0 saturated carbocycles. The molecule has 1 unspecified atom stereocenters. The Bertz CT molecular complexity index is 383. The Morgan fingerprint density at radius 2 is 2.26 bits per heavy atom. The molecule has 1 fully saturated rings. The summed E-state index contributed by atoms with van der Waals surface area (Å²) >= 11 is 0. The van der Waals surface area contributed by atoms with Gasteiger partial charge in [0.15, 0.2) is 0 Å². The summed E-state index contributed by atoms with van der Waals surface area (Å²) in [5.41, 5.74) is 1.25. The average molecular weight is 266 g/mol. The largest absolute Gasteiger partial charge is 0.465 e. The van der Waals surface area contributed by atoms with Crippen LogP contribution in [0.4, 0.5) is 0 Å². The van der Waals surface area contributed by atoms with Crippen molar-refractivity contribution < 1.29 is 9.15 Å². The number of rotatable bonds is 6. The van der Waals surface area contributed by atoms with Gasteiger partial charge < -0.3 is 14.5 Å². The van der Waals surface area contributed by atoms with Crippen LogP contribution in [-0.2, 0) is 17.8 Å². The summed E-state index contributed by atoms with van der Waals surface area (Å²) in [4.78, 5) is 2.29. The van der Waals surface area contributed by atoms with E-state index in [-0.39, 0.29) is 0 Å². The SMILES string of the molecule is CNCc1cc(CN(C)CC2CCCCO2)oc1C. The smallest absolute Gasteiger partial charge is 0.118 e. The molecule has 4 heteroatoms. The molecule has 2 heterocycles. The van der Waals surface area contributed by atoms with Crippen molar-refractivity contribution in [1.29, 1.82) is 0 Å². The van der Waals surface area contributed by atoms with Crippen molar-refractivity contribution in [2.45, 2.75) is 45.4 Å². The Labute approximate surface area is 116 Å². The lowest BCUT2D eigenvalue weighted by Crippen LogP contribution is -2.32. The molecule has 19 heavy (non-hydrogen) atoms. The first kappa shape index (κ1) is 14.6. The fraction of sp³-hybridized carbons (Fsp3) is 0.733. The molecule has 4 nitrogen and oxygen atoms in total. The van der Waals surface area contributed by atoms with Crippen molar-refractivity contribution in [1.82, 2.24) is 10.2 Å². The van der Waals surface area contributed by atoms with Crippen LogP contribution in [0.5, 0.6) is 0 Å². The second-order valence-corrected chi connectivity index (χ2v) is 5.51. The van der Waals surface area contributed by atoms with E-state index in [4.69, 9.17) is 9.15 Å². The third kappa shape index (κ3) is 4.34. The average Bonchev–Trinajstić information content (AvgIpc) is 2.71. The molecule has 1 aromatic rings. The summed E-state index contributed by atoms with van der Waals surface area (Å²) in [7, 11) is 4.09. The number of furan rings is 1. The van der Waals surface area contributed by atoms with Crippen LogP contribution >= 0.6 is 0 Å². The van der Waals surface area contributed by atoms with Gasteiger partial charge in [0, 0.05) is 25.3 Å². The zero-order valence-corrected chi connectivity index (χ0v) is 12.4. The van der Waals surface area contributed by atoms with Gasteiger partial charge in [-0.2, -0.15) is 0 Å². The topological polar surface area (TPSA) is 37.6 Å². The summed E-state index contributed by atoms with van der Waals surface area (Å²) in [6.07, 6.45) is 4.09. The minimum absolute atomic E-state index is 0.395. The standard InChI is InChI=1S/C15H26N2O2/c1-12-13(9-16-2)8-15(19-12)11-17(3)10-14-6-4-5-7-18-14/h8,14,16H,4-7,9-11H2,1-3H3. The van der Waals surface area contributed by atoms with Gasteiger partial charge in [-0.05, 0) is 46.3 Å². The van der Waals surface area contributed by atoms with E-state index in [1.165, 1.54) is 24.8 Å². The molecular weight excluding hydrogens is 240 g/mol. The van der Waals surface area contributed by atoms with E-state index in [1.807, 2.05) is 14.0 Å². The molecule has 0 radical (unpaired) electrons. The van der Waals surface area contributed by atoms with Crippen LogP contribution in [0.3, 0.4) is 0 Å². The Morgan fingerprint density at radius 3 is 2.95 bits per heavy atom. The molecule has 108 valence electrons. The highest BCUT2D eigenvalue weighted by molar-refractivity contribution is 5.20. The van der Waals surface area contributed by atoms with Crippen LogP contribution in [0.25, 0.3) is 0 Å². The molecule has 0 spiro atoms. The van der Waals surface area contributed by atoms with Crippen molar-refractivity contribution in [2.75, 3.05) is 27.2 Å². The monoisotopic (exact) mass is 266 g/mol. The highest BCUT2D eigenvalue weighted by atomic mass is 16.5. The molecule has 2 rings (SSSR count). The summed E-state index contributed by atoms with van der Waals surface area (Å²) in [6.45, 7) is 5.65. The van der Waals surface area contributed by atoms with Crippen LogP contribution in [0.1, 0.15) is 36.3 Å². The second-order valence-electron chi connectivity index (χ2n) is 5.51. The number of nitrogens with one attached hydrogen (secondary N) is 1. The molecule has 1 aliphatic rings. The predicted octanol–water partition coefficient (Wildman–Crippen LogP) is 2.31. The van der Waals surface area contributed by atoms with Gasteiger partial charge in [-0.25, -0.2) is 0 Å². The number of aryl methyl sites for hydroxylation is 1. The highest BCUT2D eigenvalue weighted by Crippen LogP contribution is 2.18. The Balaban J connectivity index is 1.83. The van der Waals surface area contributed by atoms with Crippen molar-refractivity contribution in [3.05, 3.63) is 23.2 Å². The molecule has 1 atom stereocenters.